The summed E-state index contributed by atoms with van der Waals surface area (Å²) in [4.78, 5) is 2.30. The van der Waals surface area contributed by atoms with Crippen LogP contribution in [0.2, 0.25) is 0 Å². The molecule has 1 aliphatic rings. The molecule has 1 saturated heterocycles. The lowest BCUT2D eigenvalue weighted by atomic mass is 10.1. The van der Waals surface area contributed by atoms with Gasteiger partial charge in [-0.25, -0.2) is 0 Å². The third-order valence-corrected chi connectivity index (χ3v) is 1.99. The Morgan fingerprint density at radius 3 is 2.73 bits per heavy atom. The second kappa shape index (κ2) is 3.58. The molecule has 0 aromatic rings. The molecule has 0 saturated carbocycles. The number of rotatable bonds is 3. The highest BCUT2D eigenvalue weighted by Crippen LogP contribution is 2.16. The molecule has 11 heavy (non-hydrogen) atoms. The zero-order chi connectivity index (χ0) is 8.27. The first kappa shape index (κ1) is 8.34. The summed E-state index contributed by atoms with van der Waals surface area (Å²) in [5.74, 6) is 0. The van der Waals surface area contributed by atoms with Crippen LogP contribution in [0.25, 0.3) is 0 Å². The summed E-state index contributed by atoms with van der Waals surface area (Å²) in [5, 5.41) is 0. The van der Waals surface area contributed by atoms with E-state index in [0.29, 0.717) is 6.04 Å². The van der Waals surface area contributed by atoms with Crippen LogP contribution in [0, 0.1) is 0 Å². The monoisotopic (exact) mass is 152 g/mol. The minimum atomic E-state index is 0.384. The number of likely N-dealkylation sites (tertiary alicyclic amines) is 1. The number of allylic oxidation sites excluding steroid dienone is 3. The molecule has 0 amide bonds. The predicted molar refractivity (Wildman–Crippen MR) is 48.1 cm³/mol. The molecule has 1 fully saturated rings. The Morgan fingerprint density at radius 1 is 1.73 bits per heavy atom. The lowest BCUT2D eigenvalue weighted by Crippen LogP contribution is -2.54. The fraction of sp³-hybridized carbons (Fsp3) is 0.556. The molecule has 1 aliphatic heterocycles. The molecule has 0 unspecified atom stereocenters. The largest absolute Gasteiger partial charge is 0.372 e. The van der Waals surface area contributed by atoms with Gasteiger partial charge in [-0.3, -0.25) is 0 Å². The standard InChI is InChI=1S/C9H16N2/c1-3-5-9(4-2)11-6-8(10)7-11/h3,5,8H,1,4,6-7,10H2,2H3/b9-5+. The van der Waals surface area contributed by atoms with Gasteiger partial charge in [0.25, 0.3) is 0 Å². The van der Waals surface area contributed by atoms with Crippen LogP contribution >= 0.6 is 0 Å². The molecule has 1 heterocycles. The SMILES string of the molecule is C=C/C=C(\CC)N1CC(N)C1. The van der Waals surface area contributed by atoms with Crippen molar-refractivity contribution in [2.24, 2.45) is 5.73 Å². The minimum Gasteiger partial charge on any atom is -0.372 e. The molecule has 0 aromatic heterocycles. The number of nitrogens with two attached hydrogens (primary N) is 1. The van der Waals surface area contributed by atoms with Crippen molar-refractivity contribution in [1.82, 2.24) is 4.90 Å². The Kier molecular flexibility index (Phi) is 2.71. The van der Waals surface area contributed by atoms with Crippen molar-refractivity contribution in [2.75, 3.05) is 13.1 Å². The topological polar surface area (TPSA) is 29.3 Å². The van der Waals surface area contributed by atoms with E-state index in [1.807, 2.05) is 6.08 Å². The van der Waals surface area contributed by atoms with Crippen molar-refractivity contribution in [3.63, 3.8) is 0 Å². The molecular formula is C9H16N2. The predicted octanol–water partition coefficient (Wildman–Crippen LogP) is 1.11. The molecule has 0 atom stereocenters. The Morgan fingerprint density at radius 2 is 2.36 bits per heavy atom. The highest BCUT2D eigenvalue weighted by Gasteiger charge is 2.23. The van der Waals surface area contributed by atoms with Crippen molar-refractivity contribution in [3.8, 4) is 0 Å². The van der Waals surface area contributed by atoms with E-state index in [1.54, 1.807) is 0 Å². The molecule has 0 bridgehead atoms. The summed E-state index contributed by atoms with van der Waals surface area (Å²) in [6.07, 6.45) is 4.97. The molecule has 0 radical (unpaired) electrons. The summed E-state index contributed by atoms with van der Waals surface area (Å²) >= 11 is 0. The van der Waals surface area contributed by atoms with E-state index < -0.39 is 0 Å². The van der Waals surface area contributed by atoms with Gasteiger partial charge < -0.3 is 10.6 Å². The average Bonchev–Trinajstić information content (AvgIpc) is 1.95. The van der Waals surface area contributed by atoms with Gasteiger partial charge in [0.05, 0.1) is 0 Å². The van der Waals surface area contributed by atoms with Crippen LogP contribution in [0.1, 0.15) is 13.3 Å². The normalized spacial score (nSPS) is 19.8. The molecule has 2 heteroatoms. The second-order valence-corrected chi connectivity index (χ2v) is 2.91. The van der Waals surface area contributed by atoms with Crippen LogP contribution in [0.3, 0.4) is 0 Å². The van der Waals surface area contributed by atoms with E-state index in [-0.39, 0.29) is 0 Å². The first-order chi connectivity index (χ1) is 5.27. The van der Waals surface area contributed by atoms with Crippen LogP contribution < -0.4 is 5.73 Å². The zero-order valence-electron chi connectivity index (χ0n) is 7.09. The molecule has 0 aromatic carbocycles. The van der Waals surface area contributed by atoms with E-state index in [0.717, 1.165) is 19.5 Å². The van der Waals surface area contributed by atoms with Gasteiger partial charge >= 0.3 is 0 Å². The van der Waals surface area contributed by atoms with Gasteiger partial charge in [-0.15, -0.1) is 0 Å². The minimum absolute atomic E-state index is 0.384. The summed E-state index contributed by atoms with van der Waals surface area (Å²) in [5.41, 5.74) is 7.01. The first-order valence-corrected chi connectivity index (χ1v) is 4.10. The fourth-order valence-corrected chi connectivity index (χ4v) is 1.33. The Bertz CT molecular complexity index is 166. The van der Waals surface area contributed by atoms with Crippen LogP contribution in [0.4, 0.5) is 0 Å². The molecule has 0 aliphatic carbocycles. The zero-order valence-corrected chi connectivity index (χ0v) is 7.09. The van der Waals surface area contributed by atoms with E-state index in [4.69, 9.17) is 5.73 Å². The van der Waals surface area contributed by atoms with Gasteiger partial charge in [-0.1, -0.05) is 19.6 Å². The summed E-state index contributed by atoms with van der Waals surface area (Å²) < 4.78 is 0. The van der Waals surface area contributed by atoms with E-state index in [1.165, 1.54) is 5.70 Å². The van der Waals surface area contributed by atoms with E-state index in [9.17, 15) is 0 Å². The summed E-state index contributed by atoms with van der Waals surface area (Å²) in [6, 6.07) is 0.384. The molecule has 2 nitrogen and oxygen atoms in total. The third-order valence-electron chi connectivity index (χ3n) is 1.99. The Labute approximate surface area is 68.4 Å². The van der Waals surface area contributed by atoms with Crippen LogP contribution in [-0.4, -0.2) is 24.0 Å². The highest BCUT2D eigenvalue weighted by molar-refractivity contribution is 5.12. The maximum Gasteiger partial charge on any atom is 0.0395 e. The van der Waals surface area contributed by atoms with Crippen molar-refractivity contribution in [3.05, 3.63) is 24.4 Å². The summed E-state index contributed by atoms with van der Waals surface area (Å²) in [6.45, 7) is 7.84. The Balaban J connectivity index is 2.44. The average molecular weight is 152 g/mol. The van der Waals surface area contributed by atoms with Crippen molar-refractivity contribution in [1.29, 1.82) is 0 Å². The third kappa shape index (κ3) is 1.84. The lowest BCUT2D eigenvalue weighted by molar-refractivity contribution is 0.196. The number of nitrogens with zero attached hydrogens (tertiary/aromatic N) is 1. The van der Waals surface area contributed by atoms with Crippen LogP contribution in [0.15, 0.2) is 24.4 Å². The molecule has 1 rings (SSSR count). The van der Waals surface area contributed by atoms with Crippen LogP contribution in [0.5, 0.6) is 0 Å². The van der Waals surface area contributed by atoms with Crippen LogP contribution in [-0.2, 0) is 0 Å². The maximum atomic E-state index is 5.66. The first-order valence-electron chi connectivity index (χ1n) is 4.10. The van der Waals surface area contributed by atoms with E-state index >= 15 is 0 Å². The van der Waals surface area contributed by atoms with E-state index in [2.05, 4.69) is 24.5 Å². The highest BCUT2D eigenvalue weighted by atomic mass is 15.2. The molecular weight excluding hydrogens is 136 g/mol. The summed E-state index contributed by atoms with van der Waals surface area (Å²) in [7, 11) is 0. The van der Waals surface area contributed by atoms with Crippen molar-refractivity contribution in [2.45, 2.75) is 19.4 Å². The van der Waals surface area contributed by atoms with Gasteiger partial charge in [-0.2, -0.15) is 0 Å². The molecule has 0 spiro atoms. The number of hydrogen-bond donors (Lipinski definition) is 1. The number of hydrogen-bond acceptors (Lipinski definition) is 2. The molecule has 62 valence electrons. The smallest absolute Gasteiger partial charge is 0.0395 e. The molecule has 2 N–H and O–H groups in total. The van der Waals surface area contributed by atoms with Crippen molar-refractivity contribution < 1.29 is 0 Å². The lowest BCUT2D eigenvalue weighted by Gasteiger charge is -2.40. The van der Waals surface area contributed by atoms with Gasteiger partial charge in [0.1, 0.15) is 0 Å². The van der Waals surface area contributed by atoms with Gasteiger partial charge in [-0.05, 0) is 12.5 Å². The quantitative estimate of drug-likeness (QED) is 0.614. The second-order valence-electron chi connectivity index (χ2n) is 2.91. The van der Waals surface area contributed by atoms with Gasteiger partial charge in [0.15, 0.2) is 0 Å². The Hall–Kier alpha value is -0.760. The van der Waals surface area contributed by atoms with Crippen molar-refractivity contribution >= 4 is 0 Å². The van der Waals surface area contributed by atoms with Gasteiger partial charge in [0, 0.05) is 24.8 Å². The maximum absolute atomic E-state index is 5.66. The fourth-order valence-electron chi connectivity index (χ4n) is 1.33. The van der Waals surface area contributed by atoms with Gasteiger partial charge in [0.2, 0.25) is 0 Å².